The first-order valence-electron chi connectivity index (χ1n) is 7.60. The molecule has 0 aliphatic heterocycles. The Balaban J connectivity index is 1.88. The normalized spacial score (nSPS) is 11.6. The molecule has 0 unspecified atom stereocenters. The summed E-state index contributed by atoms with van der Waals surface area (Å²) in [6.45, 7) is -0.311. The summed E-state index contributed by atoms with van der Waals surface area (Å²) in [4.78, 5) is 24.1. The van der Waals surface area contributed by atoms with Gasteiger partial charge in [-0.05, 0) is 36.4 Å². The van der Waals surface area contributed by atoms with Gasteiger partial charge in [0.2, 0.25) is 5.91 Å². The fourth-order valence-electron chi connectivity index (χ4n) is 2.56. The number of nitrogens with one attached hydrogen (secondary N) is 1. The summed E-state index contributed by atoms with van der Waals surface area (Å²) in [5.74, 6) is -1.26. The number of pyridine rings is 1. The van der Waals surface area contributed by atoms with E-state index in [1.807, 2.05) is 0 Å². The van der Waals surface area contributed by atoms with Crippen LogP contribution in [0.5, 0.6) is 0 Å². The van der Waals surface area contributed by atoms with Crippen LogP contribution in [0.25, 0.3) is 10.9 Å². The number of carbonyl (C=O) groups is 1. The maximum Gasteiger partial charge on any atom is 0.416 e. The van der Waals surface area contributed by atoms with Crippen LogP contribution in [0.4, 0.5) is 23.2 Å². The molecule has 140 valence electrons. The van der Waals surface area contributed by atoms with Gasteiger partial charge < -0.3 is 9.88 Å². The van der Waals surface area contributed by atoms with E-state index in [9.17, 15) is 27.2 Å². The zero-order chi connectivity index (χ0) is 19.8. The van der Waals surface area contributed by atoms with Crippen molar-refractivity contribution in [2.45, 2.75) is 12.7 Å². The molecule has 0 saturated heterocycles. The van der Waals surface area contributed by atoms with E-state index in [4.69, 9.17) is 11.6 Å². The Labute approximate surface area is 155 Å². The van der Waals surface area contributed by atoms with Crippen LogP contribution < -0.4 is 10.7 Å². The zero-order valence-corrected chi connectivity index (χ0v) is 14.2. The minimum Gasteiger partial charge on any atom is -0.338 e. The Morgan fingerprint density at radius 2 is 1.85 bits per heavy atom. The molecule has 27 heavy (non-hydrogen) atoms. The van der Waals surface area contributed by atoms with Gasteiger partial charge in [-0.2, -0.15) is 13.2 Å². The third kappa shape index (κ3) is 4.11. The van der Waals surface area contributed by atoms with Gasteiger partial charge >= 0.3 is 6.18 Å². The third-order valence-electron chi connectivity index (χ3n) is 3.82. The molecule has 0 aliphatic rings. The van der Waals surface area contributed by atoms with Crippen LogP contribution in [0.3, 0.4) is 0 Å². The average Bonchev–Trinajstić information content (AvgIpc) is 2.58. The molecule has 1 amide bonds. The number of benzene rings is 2. The highest BCUT2D eigenvalue weighted by Gasteiger charge is 2.31. The van der Waals surface area contributed by atoms with E-state index < -0.39 is 28.9 Å². The molecule has 0 bridgehead atoms. The van der Waals surface area contributed by atoms with Gasteiger partial charge in [0.1, 0.15) is 12.4 Å². The standard InChI is InChI=1S/C18H11ClF4N2O2/c19-13-3-1-10(18(21,22)23)7-14(13)24-17(27)9-25-6-5-16(26)12-8-11(20)2-4-15(12)25/h1-8H,9H2,(H,24,27). The highest BCUT2D eigenvalue weighted by molar-refractivity contribution is 6.33. The molecule has 0 saturated carbocycles. The molecule has 0 aliphatic carbocycles. The quantitative estimate of drug-likeness (QED) is 0.663. The van der Waals surface area contributed by atoms with Crippen molar-refractivity contribution < 1.29 is 22.4 Å². The topological polar surface area (TPSA) is 51.1 Å². The number of nitrogens with zero attached hydrogens (tertiary/aromatic N) is 1. The molecule has 3 aromatic rings. The van der Waals surface area contributed by atoms with Gasteiger partial charge in [-0.25, -0.2) is 4.39 Å². The number of halogens is 5. The smallest absolute Gasteiger partial charge is 0.338 e. The predicted molar refractivity (Wildman–Crippen MR) is 93.2 cm³/mol. The maximum atomic E-state index is 13.3. The summed E-state index contributed by atoms with van der Waals surface area (Å²) in [7, 11) is 0. The van der Waals surface area contributed by atoms with E-state index in [1.165, 1.54) is 22.9 Å². The van der Waals surface area contributed by atoms with Crippen LogP contribution in [0.2, 0.25) is 5.02 Å². The number of fused-ring (bicyclic) bond motifs is 1. The summed E-state index contributed by atoms with van der Waals surface area (Å²) in [5.41, 5.74) is -1.24. The van der Waals surface area contributed by atoms with Crippen molar-refractivity contribution in [3.63, 3.8) is 0 Å². The van der Waals surface area contributed by atoms with Crippen molar-refractivity contribution in [2.75, 3.05) is 5.32 Å². The lowest BCUT2D eigenvalue weighted by Crippen LogP contribution is -2.21. The molecule has 1 aromatic heterocycles. The summed E-state index contributed by atoms with van der Waals surface area (Å²) in [6.07, 6.45) is -3.24. The number of rotatable bonds is 3. The molecule has 3 rings (SSSR count). The minimum absolute atomic E-state index is 0.0526. The summed E-state index contributed by atoms with van der Waals surface area (Å²) < 4.78 is 53.2. The van der Waals surface area contributed by atoms with Crippen LogP contribution in [-0.2, 0) is 17.5 Å². The summed E-state index contributed by atoms with van der Waals surface area (Å²) in [6, 6.07) is 7.29. The van der Waals surface area contributed by atoms with E-state index in [0.717, 1.165) is 30.3 Å². The summed E-state index contributed by atoms with van der Waals surface area (Å²) in [5, 5.41) is 2.35. The van der Waals surface area contributed by atoms with Crippen molar-refractivity contribution in [3.8, 4) is 0 Å². The Kier molecular flexibility index (Phi) is 4.93. The van der Waals surface area contributed by atoms with Crippen LogP contribution in [-0.4, -0.2) is 10.5 Å². The molecule has 9 heteroatoms. The van der Waals surface area contributed by atoms with Gasteiger partial charge in [0.25, 0.3) is 0 Å². The van der Waals surface area contributed by atoms with Crippen LogP contribution in [0, 0.1) is 5.82 Å². The monoisotopic (exact) mass is 398 g/mol. The van der Waals surface area contributed by atoms with Crippen molar-refractivity contribution in [1.29, 1.82) is 0 Å². The van der Waals surface area contributed by atoms with E-state index in [2.05, 4.69) is 5.32 Å². The van der Waals surface area contributed by atoms with Crippen molar-refractivity contribution in [2.24, 2.45) is 0 Å². The molecule has 0 radical (unpaired) electrons. The molecule has 0 fully saturated rings. The Morgan fingerprint density at radius 3 is 2.56 bits per heavy atom. The molecule has 1 heterocycles. The van der Waals surface area contributed by atoms with Crippen LogP contribution >= 0.6 is 11.6 Å². The summed E-state index contributed by atoms with van der Waals surface area (Å²) >= 11 is 5.85. The third-order valence-corrected chi connectivity index (χ3v) is 4.15. The van der Waals surface area contributed by atoms with E-state index in [1.54, 1.807) is 0 Å². The van der Waals surface area contributed by atoms with Crippen LogP contribution in [0.15, 0.2) is 53.5 Å². The second-order valence-electron chi connectivity index (χ2n) is 5.71. The van der Waals surface area contributed by atoms with Gasteiger partial charge in [0.05, 0.1) is 21.8 Å². The average molecular weight is 399 g/mol. The highest BCUT2D eigenvalue weighted by atomic mass is 35.5. The SMILES string of the molecule is O=C(Cn1ccc(=O)c2cc(F)ccc21)Nc1cc(C(F)(F)F)ccc1Cl. The van der Waals surface area contributed by atoms with Crippen LogP contribution in [0.1, 0.15) is 5.56 Å². The van der Waals surface area contributed by atoms with Crippen molar-refractivity contribution in [3.05, 3.63) is 75.3 Å². The number of carbonyl (C=O) groups excluding carboxylic acids is 1. The van der Waals surface area contributed by atoms with E-state index >= 15 is 0 Å². The number of amides is 1. The first kappa shape index (κ1) is 18.9. The van der Waals surface area contributed by atoms with Gasteiger partial charge in [-0.3, -0.25) is 9.59 Å². The lowest BCUT2D eigenvalue weighted by atomic mass is 10.2. The molecule has 2 aromatic carbocycles. The highest BCUT2D eigenvalue weighted by Crippen LogP contribution is 2.33. The fraction of sp³-hybridized carbons (Fsp3) is 0.111. The van der Waals surface area contributed by atoms with Crippen molar-refractivity contribution in [1.82, 2.24) is 4.57 Å². The second kappa shape index (κ2) is 7.03. The molecule has 0 spiro atoms. The minimum atomic E-state index is -4.58. The molecular formula is C18H11ClF4N2O2. The Bertz CT molecular complexity index is 1090. The van der Waals surface area contributed by atoms with E-state index in [-0.39, 0.29) is 22.6 Å². The molecule has 4 nitrogen and oxygen atoms in total. The lowest BCUT2D eigenvalue weighted by molar-refractivity contribution is -0.137. The number of hydrogen-bond acceptors (Lipinski definition) is 2. The first-order chi connectivity index (χ1) is 12.6. The number of hydrogen-bond donors (Lipinski definition) is 1. The van der Waals surface area contributed by atoms with Crippen molar-refractivity contribution >= 4 is 34.1 Å². The molecule has 1 N–H and O–H groups in total. The van der Waals surface area contributed by atoms with Gasteiger partial charge in [-0.1, -0.05) is 11.6 Å². The second-order valence-corrected chi connectivity index (χ2v) is 6.12. The zero-order valence-electron chi connectivity index (χ0n) is 13.5. The lowest BCUT2D eigenvalue weighted by Gasteiger charge is -2.13. The maximum absolute atomic E-state index is 13.3. The first-order valence-corrected chi connectivity index (χ1v) is 7.98. The molecular weight excluding hydrogens is 388 g/mol. The van der Waals surface area contributed by atoms with Gasteiger partial charge in [0, 0.05) is 17.6 Å². The number of aromatic nitrogens is 1. The fourth-order valence-corrected chi connectivity index (χ4v) is 2.73. The Hall–Kier alpha value is -2.87. The number of alkyl halides is 3. The van der Waals surface area contributed by atoms with Gasteiger partial charge in [-0.15, -0.1) is 0 Å². The predicted octanol–water partition coefficient (Wildman–Crippen LogP) is 4.45. The van der Waals surface area contributed by atoms with Gasteiger partial charge in [0.15, 0.2) is 5.43 Å². The largest absolute Gasteiger partial charge is 0.416 e. The Morgan fingerprint density at radius 1 is 1.11 bits per heavy atom. The van der Waals surface area contributed by atoms with E-state index in [0.29, 0.717) is 5.52 Å². The number of anilines is 1. The molecule has 0 atom stereocenters.